The lowest BCUT2D eigenvalue weighted by molar-refractivity contribution is 0.0291. The van der Waals surface area contributed by atoms with Gasteiger partial charge in [-0.15, -0.1) is 0 Å². The number of carbonyl (C=O) groups is 1. The molecule has 6 heteroatoms. The zero-order valence-electron chi connectivity index (χ0n) is 13.4. The van der Waals surface area contributed by atoms with Gasteiger partial charge in [-0.05, 0) is 34.1 Å². The lowest BCUT2D eigenvalue weighted by atomic mass is 10.2. The number of rotatable bonds is 5. The van der Waals surface area contributed by atoms with Gasteiger partial charge in [-0.2, -0.15) is 0 Å². The average molecular weight is 285 g/mol. The van der Waals surface area contributed by atoms with Crippen molar-refractivity contribution in [2.24, 2.45) is 10.7 Å². The van der Waals surface area contributed by atoms with E-state index in [4.69, 9.17) is 15.2 Å². The van der Waals surface area contributed by atoms with Crippen LogP contribution < -0.4 is 5.73 Å². The number of aliphatic imine (C=N–C) groups is 1. The van der Waals surface area contributed by atoms with Crippen LogP contribution in [0, 0.1) is 0 Å². The third-order valence-corrected chi connectivity index (χ3v) is 2.16. The van der Waals surface area contributed by atoms with Gasteiger partial charge in [0.05, 0.1) is 6.61 Å². The SMILES string of the molecule is CN=C(/C=C(/C)N)OCCCN(C)C(=O)OC(C)(C)C. The number of amides is 1. The molecule has 0 aromatic rings. The van der Waals surface area contributed by atoms with Crippen LogP contribution in [0.4, 0.5) is 4.79 Å². The minimum atomic E-state index is -0.479. The Hall–Kier alpha value is -1.72. The molecule has 0 aromatic carbocycles. The molecule has 0 heterocycles. The molecule has 0 aliphatic carbocycles. The van der Waals surface area contributed by atoms with Gasteiger partial charge in [0, 0.05) is 32.4 Å². The number of carbonyl (C=O) groups excluding carboxylic acids is 1. The molecule has 0 atom stereocenters. The summed E-state index contributed by atoms with van der Waals surface area (Å²) in [5.74, 6) is 0.491. The molecular formula is C14H27N3O3. The molecular weight excluding hydrogens is 258 g/mol. The summed E-state index contributed by atoms with van der Waals surface area (Å²) in [5.41, 5.74) is 5.71. The van der Waals surface area contributed by atoms with E-state index in [1.807, 2.05) is 20.8 Å². The third-order valence-electron chi connectivity index (χ3n) is 2.16. The first-order valence-electron chi connectivity index (χ1n) is 6.63. The summed E-state index contributed by atoms with van der Waals surface area (Å²) in [4.78, 5) is 17.2. The Morgan fingerprint density at radius 3 is 2.45 bits per heavy atom. The van der Waals surface area contributed by atoms with Crippen molar-refractivity contribution in [2.45, 2.75) is 39.7 Å². The van der Waals surface area contributed by atoms with Crippen LogP contribution in [0.1, 0.15) is 34.1 Å². The zero-order chi connectivity index (χ0) is 15.8. The first-order valence-corrected chi connectivity index (χ1v) is 6.63. The van der Waals surface area contributed by atoms with E-state index >= 15 is 0 Å². The molecule has 0 fully saturated rings. The van der Waals surface area contributed by atoms with Crippen LogP contribution in [-0.4, -0.2) is 49.7 Å². The van der Waals surface area contributed by atoms with Crippen molar-refractivity contribution in [3.8, 4) is 0 Å². The van der Waals surface area contributed by atoms with E-state index in [-0.39, 0.29) is 6.09 Å². The fourth-order valence-corrected chi connectivity index (χ4v) is 1.28. The summed E-state index contributed by atoms with van der Waals surface area (Å²) >= 11 is 0. The van der Waals surface area contributed by atoms with E-state index < -0.39 is 5.60 Å². The van der Waals surface area contributed by atoms with Crippen LogP contribution in [0.5, 0.6) is 0 Å². The maximum Gasteiger partial charge on any atom is 0.410 e. The first kappa shape index (κ1) is 18.3. The molecule has 1 amide bonds. The highest BCUT2D eigenvalue weighted by Crippen LogP contribution is 2.09. The highest BCUT2D eigenvalue weighted by molar-refractivity contribution is 5.88. The van der Waals surface area contributed by atoms with Crippen LogP contribution in [0.2, 0.25) is 0 Å². The second-order valence-corrected chi connectivity index (χ2v) is 5.55. The first-order chi connectivity index (χ1) is 9.15. The van der Waals surface area contributed by atoms with Crippen LogP contribution in [-0.2, 0) is 9.47 Å². The normalized spacial score (nSPS) is 13.1. The zero-order valence-corrected chi connectivity index (χ0v) is 13.4. The lowest BCUT2D eigenvalue weighted by Gasteiger charge is -2.24. The molecule has 2 N–H and O–H groups in total. The Kier molecular flexibility index (Phi) is 7.72. The summed E-state index contributed by atoms with van der Waals surface area (Å²) in [7, 11) is 3.34. The van der Waals surface area contributed by atoms with Crippen LogP contribution >= 0.6 is 0 Å². The third kappa shape index (κ3) is 9.24. The van der Waals surface area contributed by atoms with E-state index in [1.165, 1.54) is 4.90 Å². The van der Waals surface area contributed by atoms with Gasteiger partial charge in [-0.3, -0.25) is 4.99 Å². The van der Waals surface area contributed by atoms with Gasteiger partial charge in [-0.25, -0.2) is 4.79 Å². The van der Waals surface area contributed by atoms with Gasteiger partial charge >= 0.3 is 6.09 Å². The number of hydrogen-bond acceptors (Lipinski definition) is 5. The molecule has 0 aliphatic heterocycles. The minimum Gasteiger partial charge on any atom is -0.478 e. The highest BCUT2D eigenvalue weighted by Gasteiger charge is 2.19. The van der Waals surface area contributed by atoms with Gasteiger partial charge in [-0.1, -0.05) is 0 Å². The summed E-state index contributed by atoms with van der Waals surface area (Å²) < 4.78 is 10.7. The molecule has 6 nitrogen and oxygen atoms in total. The van der Waals surface area contributed by atoms with Crippen molar-refractivity contribution in [1.29, 1.82) is 0 Å². The van der Waals surface area contributed by atoms with Crippen molar-refractivity contribution in [1.82, 2.24) is 4.90 Å². The molecule has 0 bridgehead atoms. The number of hydrogen-bond donors (Lipinski definition) is 1. The Morgan fingerprint density at radius 2 is 2.00 bits per heavy atom. The smallest absolute Gasteiger partial charge is 0.410 e. The van der Waals surface area contributed by atoms with Crippen LogP contribution in [0.3, 0.4) is 0 Å². The van der Waals surface area contributed by atoms with Crippen LogP contribution in [0.25, 0.3) is 0 Å². The maximum atomic E-state index is 11.7. The van der Waals surface area contributed by atoms with Crippen molar-refractivity contribution in [2.75, 3.05) is 27.2 Å². The number of allylic oxidation sites excluding steroid dienone is 1. The molecule has 0 spiro atoms. The minimum absolute atomic E-state index is 0.334. The highest BCUT2D eigenvalue weighted by atomic mass is 16.6. The number of nitrogens with zero attached hydrogens (tertiary/aromatic N) is 2. The van der Waals surface area contributed by atoms with Crippen LogP contribution in [0.15, 0.2) is 16.8 Å². The fourth-order valence-electron chi connectivity index (χ4n) is 1.28. The van der Waals surface area contributed by atoms with E-state index in [1.54, 1.807) is 27.1 Å². The molecule has 0 aromatic heterocycles. The van der Waals surface area contributed by atoms with Crippen molar-refractivity contribution >= 4 is 12.0 Å². The fraction of sp³-hybridized carbons (Fsp3) is 0.714. The quantitative estimate of drug-likeness (QED) is 0.477. The monoisotopic (exact) mass is 285 g/mol. The lowest BCUT2D eigenvalue weighted by Crippen LogP contribution is -2.35. The Balaban J connectivity index is 4.01. The Morgan fingerprint density at radius 1 is 1.40 bits per heavy atom. The molecule has 0 saturated carbocycles. The Labute approximate surface area is 121 Å². The number of ether oxygens (including phenoxy) is 2. The predicted molar refractivity (Wildman–Crippen MR) is 80.7 cm³/mol. The second kappa shape index (κ2) is 8.45. The molecule has 0 rings (SSSR count). The molecule has 116 valence electrons. The van der Waals surface area contributed by atoms with Gasteiger partial charge in [0.15, 0.2) is 0 Å². The molecule has 20 heavy (non-hydrogen) atoms. The van der Waals surface area contributed by atoms with Gasteiger partial charge in [0.25, 0.3) is 0 Å². The standard InChI is InChI=1S/C14H27N3O3/c1-11(15)10-12(16-5)19-9-7-8-17(6)13(18)20-14(2,3)4/h10H,7-9,15H2,1-6H3/b11-10-,16-12?. The van der Waals surface area contributed by atoms with Crippen molar-refractivity contribution < 1.29 is 14.3 Å². The summed E-state index contributed by atoms with van der Waals surface area (Å²) in [6.07, 6.45) is 2.02. The summed E-state index contributed by atoms with van der Waals surface area (Å²) in [6, 6.07) is 0. The van der Waals surface area contributed by atoms with Gasteiger partial charge < -0.3 is 20.1 Å². The number of nitrogens with two attached hydrogens (primary N) is 1. The van der Waals surface area contributed by atoms with E-state index in [2.05, 4.69) is 4.99 Å². The largest absolute Gasteiger partial charge is 0.478 e. The Bertz CT molecular complexity index is 366. The average Bonchev–Trinajstić information content (AvgIpc) is 2.29. The van der Waals surface area contributed by atoms with Gasteiger partial charge in [0.2, 0.25) is 5.90 Å². The molecule has 0 radical (unpaired) electrons. The van der Waals surface area contributed by atoms with E-state index in [0.29, 0.717) is 31.2 Å². The molecule has 0 saturated heterocycles. The topological polar surface area (TPSA) is 77.2 Å². The van der Waals surface area contributed by atoms with Gasteiger partial charge in [0.1, 0.15) is 5.60 Å². The van der Waals surface area contributed by atoms with E-state index in [0.717, 1.165) is 0 Å². The van der Waals surface area contributed by atoms with Crippen molar-refractivity contribution in [3.63, 3.8) is 0 Å². The maximum absolute atomic E-state index is 11.7. The summed E-state index contributed by atoms with van der Waals surface area (Å²) in [6.45, 7) is 8.31. The van der Waals surface area contributed by atoms with Crippen molar-refractivity contribution in [3.05, 3.63) is 11.8 Å². The predicted octanol–water partition coefficient (Wildman–Crippen LogP) is 2.15. The second-order valence-electron chi connectivity index (χ2n) is 5.55. The summed E-state index contributed by atoms with van der Waals surface area (Å²) in [5, 5.41) is 0. The van der Waals surface area contributed by atoms with E-state index in [9.17, 15) is 4.79 Å². The molecule has 0 unspecified atom stereocenters. The molecule has 0 aliphatic rings.